The van der Waals surface area contributed by atoms with Crippen molar-refractivity contribution >= 4 is 0 Å². The highest BCUT2D eigenvalue weighted by molar-refractivity contribution is 4.13. The first-order valence-corrected chi connectivity index (χ1v) is 4.83. The molecule has 0 saturated heterocycles. The highest BCUT2D eigenvalue weighted by Gasteiger charge is 1.56. The summed E-state index contributed by atoms with van der Waals surface area (Å²) in [6.45, 7) is 8.72. The fourth-order valence-corrected chi connectivity index (χ4v) is 0. The maximum atomic E-state index is 2.75. The van der Waals surface area contributed by atoms with Gasteiger partial charge >= 0.3 is 0 Å². The lowest BCUT2D eigenvalue weighted by Gasteiger charge is -1.68. The molecular weight excluding hydrogens is 134 g/mol. The first-order chi connectivity index (χ1) is 5.24. The van der Waals surface area contributed by atoms with E-state index >= 15 is 0 Å². The molecule has 0 aliphatic rings. The maximum Gasteiger partial charge on any atom is -0.0167 e. The van der Waals surface area contributed by atoms with Crippen LogP contribution in [0.15, 0.2) is 0 Å². The van der Waals surface area contributed by atoms with Crippen LogP contribution in [-0.4, -0.2) is 14.1 Å². The Kier molecular flexibility index (Phi) is 50.7. The molecule has 0 heterocycles. The van der Waals surface area contributed by atoms with Gasteiger partial charge in [-0.25, -0.2) is 0 Å². The van der Waals surface area contributed by atoms with Gasteiger partial charge < -0.3 is 5.32 Å². The molecule has 0 atom stereocenters. The fraction of sp³-hybridized carbons (Fsp3) is 1.00. The molecule has 72 valence electrons. The smallest absolute Gasteiger partial charge is 0.0167 e. The molecule has 0 amide bonds. The number of hydrogen-bond acceptors (Lipinski definition) is 1. The van der Waals surface area contributed by atoms with Crippen LogP contribution >= 0.6 is 0 Å². The van der Waals surface area contributed by atoms with Crippen LogP contribution in [0.2, 0.25) is 0 Å². The fourth-order valence-electron chi connectivity index (χ4n) is 0. The molecule has 0 aliphatic carbocycles. The van der Waals surface area contributed by atoms with Crippen LogP contribution in [0.4, 0.5) is 0 Å². The summed E-state index contributed by atoms with van der Waals surface area (Å²) in [5.74, 6) is 0. The first-order valence-electron chi connectivity index (χ1n) is 4.83. The Labute approximate surface area is 73.6 Å². The highest BCUT2D eigenvalue weighted by Crippen LogP contribution is 1.77. The van der Waals surface area contributed by atoms with Gasteiger partial charge in [-0.1, -0.05) is 53.4 Å². The largest absolute Gasteiger partial charge is 0.323 e. The van der Waals surface area contributed by atoms with Crippen molar-refractivity contribution < 1.29 is 0 Å². The van der Waals surface area contributed by atoms with E-state index in [2.05, 4.69) is 33.0 Å². The van der Waals surface area contributed by atoms with Crippen molar-refractivity contribution in [3.63, 3.8) is 0 Å². The first kappa shape index (κ1) is 17.2. The topological polar surface area (TPSA) is 12.0 Å². The third-order valence-corrected chi connectivity index (χ3v) is 1.000. The predicted molar refractivity (Wildman–Crippen MR) is 56.1 cm³/mol. The molecule has 0 aromatic carbocycles. The second-order valence-corrected chi connectivity index (χ2v) is 2.50. The zero-order valence-electron chi connectivity index (χ0n) is 9.33. The molecular formula is C10H27N. The summed E-state index contributed by atoms with van der Waals surface area (Å²) in [7, 11) is 3.75. The van der Waals surface area contributed by atoms with Crippen LogP contribution in [0.5, 0.6) is 0 Å². The van der Waals surface area contributed by atoms with Gasteiger partial charge in [-0.3, -0.25) is 0 Å². The third kappa shape index (κ3) is 164. The molecule has 0 fully saturated rings. The van der Waals surface area contributed by atoms with Crippen molar-refractivity contribution in [2.75, 3.05) is 14.1 Å². The molecule has 1 nitrogen and oxygen atoms in total. The molecule has 11 heavy (non-hydrogen) atoms. The lowest BCUT2D eigenvalue weighted by molar-refractivity contribution is 0.886. The van der Waals surface area contributed by atoms with E-state index in [4.69, 9.17) is 0 Å². The van der Waals surface area contributed by atoms with E-state index in [-0.39, 0.29) is 0 Å². The second-order valence-electron chi connectivity index (χ2n) is 2.50. The van der Waals surface area contributed by atoms with E-state index in [0.29, 0.717) is 0 Å². The minimum atomic E-state index is 1.32. The molecule has 1 N–H and O–H groups in total. The quantitative estimate of drug-likeness (QED) is 0.654. The summed E-state index contributed by atoms with van der Waals surface area (Å²) in [6.07, 6.45) is 5.28. The average molecular weight is 161 g/mol. The molecule has 1 heteroatoms. The predicted octanol–water partition coefficient (Wildman–Crippen LogP) is 3.45. The van der Waals surface area contributed by atoms with E-state index in [9.17, 15) is 0 Å². The average Bonchev–Trinajstić information content (AvgIpc) is 2.06. The number of hydrogen-bond donors (Lipinski definition) is 1. The Morgan fingerprint density at radius 3 is 0.727 bits per heavy atom. The van der Waals surface area contributed by atoms with Gasteiger partial charge in [0, 0.05) is 0 Å². The normalized spacial score (nSPS) is 7.09. The summed E-state index contributed by atoms with van der Waals surface area (Å²) < 4.78 is 0. The van der Waals surface area contributed by atoms with Crippen LogP contribution in [0.3, 0.4) is 0 Å². The minimum Gasteiger partial charge on any atom is -0.323 e. The Morgan fingerprint density at radius 1 is 0.636 bits per heavy atom. The van der Waals surface area contributed by atoms with Crippen molar-refractivity contribution in [3.8, 4) is 0 Å². The van der Waals surface area contributed by atoms with E-state index < -0.39 is 0 Å². The Hall–Kier alpha value is -0.0400. The van der Waals surface area contributed by atoms with Crippen molar-refractivity contribution in [2.45, 2.75) is 53.4 Å². The molecule has 0 unspecified atom stereocenters. The van der Waals surface area contributed by atoms with Gasteiger partial charge in [-0.05, 0) is 14.1 Å². The molecule has 0 rings (SSSR count). The summed E-state index contributed by atoms with van der Waals surface area (Å²) in [5.41, 5.74) is 0. The Bertz CT molecular complexity index is 20.1. The molecule has 0 spiro atoms. The van der Waals surface area contributed by atoms with Crippen LogP contribution in [0.1, 0.15) is 53.4 Å². The molecule has 0 aromatic rings. The number of rotatable bonds is 2. The zero-order valence-corrected chi connectivity index (χ0v) is 9.33. The zero-order chi connectivity index (χ0) is 9.54. The van der Waals surface area contributed by atoms with Crippen molar-refractivity contribution in [2.24, 2.45) is 0 Å². The van der Waals surface area contributed by atoms with Gasteiger partial charge in [0.05, 0.1) is 0 Å². The molecule has 0 saturated carbocycles. The van der Waals surface area contributed by atoms with Gasteiger partial charge in [0.25, 0.3) is 0 Å². The molecule has 0 bridgehead atoms. The number of unbranched alkanes of at least 4 members (excludes halogenated alkanes) is 2. The van der Waals surface area contributed by atoms with Crippen LogP contribution in [0.25, 0.3) is 0 Å². The van der Waals surface area contributed by atoms with Gasteiger partial charge in [0.1, 0.15) is 0 Å². The van der Waals surface area contributed by atoms with Crippen molar-refractivity contribution in [3.05, 3.63) is 0 Å². The van der Waals surface area contributed by atoms with E-state index in [1.54, 1.807) is 0 Å². The maximum absolute atomic E-state index is 2.75. The summed E-state index contributed by atoms with van der Waals surface area (Å²) in [5, 5.41) is 2.75. The lowest BCUT2D eigenvalue weighted by atomic mass is 10.4. The van der Waals surface area contributed by atoms with Crippen LogP contribution < -0.4 is 5.32 Å². The highest BCUT2D eigenvalue weighted by atomic mass is 14.7. The van der Waals surface area contributed by atoms with Gasteiger partial charge in [0.15, 0.2) is 0 Å². The second kappa shape index (κ2) is 32.5. The van der Waals surface area contributed by atoms with Crippen LogP contribution in [0, 0.1) is 0 Å². The number of nitrogens with one attached hydrogen (secondary N) is 1. The lowest BCUT2D eigenvalue weighted by Crippen LogP contribution is -1.89. The van der Waals surface area contributed by atoms with E-state index in [1.807, 2.05) is 14.1 Å². The summed E-state index contributed by atoms with van der Waals surface area (Å²) >= 11 is 0. The van der Waals surface area contributed by atoms with Crippen LogP contribution in [-0.2, 0) is 0 Å². The monoisotopic (exact) mass is 161 g/mol. The molecule has 0 aliphatic heterocycles. The molecule has 0 radical (unpaired) electrons. The van der Waals surface area contributed by atoms with Gasteiger partial charge in [-0.15, -0.1) is 0 Å². The van der Waals surface area contributed by atoms with Gasteiger partial charge in [0.2, 0.25) is 0 Å². The SMILES string of the molecule is CCCC.CCCC.CNC. The summed E-state index contributed by atoms with van der Waals surface area (Å²) in [4.78, 5) is 0. The van der Waals surface area contributed by atoms with Crippen molar-refractivity contribution in [1.82, 2.24) is 5.32 Å². The van der Waals surface area contributed by atoms with Crippen molar-refractivity contribution in [1.29, 1.82) is 0 Å². The third-order valence-electron chi connectivity index (χ3n) is 1.000. The standard InChI is InChI=1S/2C4H10.C2H7N/c2*1-3-4-2;1-3-2/h2*3-4H2,1-2H3;3H,1-2H3. The van der Waals surface area contributed by atoms with E-state index in [1.165, 1.54) is 25.7 Å². The van der Waals surface area contributed by atoms with E-state index in [0.717, 1.165) is 0 Å². The Balaban J connectivity index is -0.0000000886. The minimum absolute atomic E-state index is 1.32. The Morgan fingerprint density at radius 2 is 0.727 bits per heavy atom. The molecule has 0 aromatic heterocycles. The van der Waals surface area contributed by atoms with Gasteiger partial charge in [-0.2, -0.15) is 0 Å². The summed E-state index contributed by atoms with van der Waals surface area (Å²) in [6, 6.07) is 0.